The van der Waals surface area contributed by atoms with Gasteiger partial charge in [-0.05, 0) is 69.9 Å². The summed E-state index contributed by atoms with van der Waals surface area (Å²) in [6, 6.07) is 7.43. The zero-order valence-corrected chi connectivity index (χ0v) is 23.5. The molecule has 0 radical (unpaired) electrons. The summed E-state index contributed by atoms with van der Waals surface area (Å²) in [6.45, 7) is 18.1. The van der Waals surface area contributed by atoms with E-state index < -0.39 is 31.8 Å². The number of aromatic nitrogens is 1. The SMILES string of the molecule is CCOC(=O)CC(NC(=O)OC(C)(C)C)c1cnc(C#C[Si](C)(C)C)c(-c2c(C)cccc2C)c1. The van der Waals surface area contributed by atoms with E-state index in [0.717, 1.165) is 22.3 Å². The van der Waals surface area contributed by atoms with E-state index in [1.807, 2.05) is 12.1 Å². The zero-order valence-electron chi connectivity index (χ0n) is 22.5. The van der Waals surface area contributed by atoms with Crippen LogP contribution in [0.3, 0.4) is 0 Å². The molecule has 1 aromatic carbocycles. The number of amides is 1. The summed E-state index contributed by atoms with van der Waals surface area (Å²) < 4.78 is 10.6. The third kappa shape index (κ3) is 8.88. The fraction of sp³-hybridized carbons (Fsp3) is 0.464. The Morgan fingerprint density at radius 1 is 1.14 bits per heavy atom. The number of hydrogen-bond acceptors (Lipinski definition) is 5. The number of benzene rings is 1. The summed E-state index contributed by atoms with van der Waals surface area (Å²) in [4.78, 5) is 29.7. The summed E-state index contributed by atoms with van der Waals surface area (Å²) in [7, 11) is -1.64. The summed E-state index contributed by atoms with van der Waals surface area (Å²) in [6.07, 6.45) is 1.02. The number of hydrogen-bond donors (Lipinski definition) is 1. The second-order valence-electron chi connectivity index (χ2n) is 10.6. The number of rotatable bonds is 6. The molecule has 188 valence electrons. The highest BCUT2D eigenvalue weighted by molar-refractivity contribution is 6.83. The van der Waals surface area contributed by atoms with E-state index in [4.69, 9.17) is 14.5 Å². The van der Waals surface area contributed by atoms with Crippen molar-refractivity contribution in [3.63, 3.8) is 0 Å². The molecule has 7 heteroatoms. The van der Waals surface area contributed by atoms with Crippen LogP contribution in [0.1, 0.15) is 62.5 Å². The molecular weight excluding hydrogens is 456 g/mol. The molecule has 0 saturated heterocycles. The van der Waals surface area contributed by atoms with Crippen LogP contribution >= 0.6 is 0 Å². The normalized spacial score (nSPS) is 12.3. The maximum absolute atomic E-state index is 12.6. The molecule has 1 aromatic heterocycles. The van der Waals surface area contributed by atoms with Gasteiger partial charge in [0.15, 0.2) is 0 Å². The molecule has 1 atom stereocenters. The molecule has 0 aliphatic rings. The van der Waals surface area contributed by atoms with Crippen molar-refractivity contribution in [1.82, 2.24) is 10.3 Å². The number of nitrogens with zero attached hydrogens (tertiary/aromatic N) is 1. The summed E-state index contributed by atoms with van der Waals surface area (Å²) >= 11 is 0. The van der Waals surface area contributed by atoms with Crippen molar-refractivity contribution in [3.8, 4) is 22.6 Å². The van der Waals surface area contributed by atoms with Crippen LogP contribution in [0.15, 0.2) is 30.5 Å². The van der Waals surface area contributed by atoms with E-state index in [-0.39, 0.29) is 13.0 Å². The molecule has 0 fully saturated rings. The van der Waals surface area contributed by atoms with Gasteiger partial charge in [0.2, 0.25) is 0 Å². The van der Waals surface area contributed by atoms with Crippen LogP contribution in [-0.2, 0) is 14.3 Å². The van der Waals surface area contributed by atoms with Gasteiger partial charge in [0.1, 0.15) is 19.4 Å². The topological polar surface area (TPSA) is 77.5 Å². The van der Waals surface area contributed by atoms with E-state index in [1.165, 1.54) is 0 Å². The van der Waals surface area contributed by atoms with Crippen LogP contribution in [-0.4, -0.2) is 37.3 Å². The Hall–Kier alpha value is -3.11. The van der Waals surface area contributed by atoms with Crippen LogP contribution in [0, 0.1) is 25.3 Å². The number of carbonyl (C=O) groups is 2. The largest absolute Gasteiger partial charge is 0.466 e. The molecule has 0 aliphatic heterocycles. The third-order valence-electron chi connectivity index (χ3n) is 4.98. The summed E-state index contributed by atoms with van der Waals surface area (Å²) in [5, 5.41) is 2.83. The highest BCUT2D eigenvalue weighted by atomic mass is 28.3. The minimum Gasteiger partial charge on any atom is -0.466 e. The first kappa shape index (κ1) is 28.1. The molecule has 1 amide bonds. The van der Waals surface area contributed by atoms with E-state index in [1.54, 1.807) is 33.9 Å². The van der Waals surface area contributed by atoms with Crippen LogP contribution in [0.5, 0.6) is 0 Å². The molecule has 2 aromatic rings. The van der Waals surface area contributed by atoms with Crippen molar-refractivity contribution in [3.05, 3.63) is 52.8 Å². The van der Waals surface area contributed by atoms with Crippen molar-refractivity contribution < 1.29 is 19.1 Å². The van der Waals surface area contributed by atoms with Gasteiger partial charge in [-0.2, -0.15) is 0 Å². The monoisotopic (exact) mass is 494 g/mol. The lowest BCUT2D eigenvalue weighted by atomic mass is 9.92. The van der Waals surface area contributed by atoms with Crippen LogP contribution in [0.25, 0.3) is 11.1 Å². The Labute approximate surface area is 210 Å². The number of carbonyl (C=O) groups excluding carboxylic acids is 2. The maximum Gasteiger partial charge on any atom is 0.408 e. The predicted molar refractivity (Wildman–Crippen MR) is 143 cm³/mol. The van der Waals surface area contributed by atoms with Gasteiger partial charge in [0.05, 0.1) is 19.1 Å². The summed E-state index contributed by atoms with van der Waals surface area (Å²) in [5.74, 6) is 2.89. The van der Waals surface area contributed by atoms with Gasteiger partial charge in [-0.15, -0.1) is 5.54 Å². The first-order valence-electron chi connectivity index (χ1n) is 11.9. The van der Waals surface area contributed by atoms with Crippen LogP contribution in [0.4, 0.5) is 4.79 Å². The first-order valence-corrected chi connectivity index (χ1v) is 15.4. The maximum atomic E-state index is 12.6. The van der Waals surface area contributed by atoms with Gasteiger partial charge in [0.25, 0.3) is 0 Å². The Balaban J connectivity index is 2.64. The second kappa shape index (κ2) is 11.5. The van der Waals surface area contributed by atoms with E-state index in [0.29, 0.717) is 11.3 Å². The van der Waals surface area contributed by atoms with E-state index in [2.05, 4.69) is 62.4 Å². The Morgan fingerprint density at radius 3 is 2.31 bits per heavy atom. The molecule has 1 N–H and O–H groups in total. The standard InChI is InChI=1S/C28H38N2O4Si/c1-10-33-25(31)17-24(30-27(32)34-28(4,5)6)21-16-22(26-19(2)12-11-13-20(26)3)23(29-18-21)14-15-35(7,8)9/h11-13,16,18,24H,10,17H2,1-9H3,(H,30,32). The van der Waals surface area contributed by atoms with Crippen molar-refractivity contribution in [2.24, 2.45) is 0 Å². The molecular formula is C28H38N2O4Si. The van der Waals surface area contributed by atoms with Crippen molar-refractivity contribution in [2.75, 3.05) is 6.61 Å². The predicted octanol–water partition coefficient (Wildman–Crippen LogP) is 6.11. The van der Waals surface area contributed by atoms with E-state index in [9.17, 15) is 9.59 Å². The third-order valence-corrected chi connectivity index (χ3v) is 5.86. The molecule has 2 rings (SSSR count). The number of aryl methyl sites for hydroxylation is 2. The molecule has 6 nitrogen and oxygen atoms in total. The minimum atomic E-state index is -1.64. The molecule has 0 saturated carbocycles. The molecule has 35 heavy (non-hydrogen) atoms. The number of alkyl carbamates (subject to hydrolysis) is 1. The van der Waals surface area contributed by atoms with Crippen LogP contribution < -0.4 is 5.32 Å². The average molecular weight is 495 g/mol. The van der Waals surface area contributed by atoms with Crippen LogP contribution in [0.2, 0.25) is 19.6 Å². The number of ether oxygens (including phenoxy) is 2. The second-order valence-corrected chi connectivity index (χ2v) is 15.4. The summed E-state index contributed by atoms with van der Waals surface area (Å²) in [5.41, 5.74) is 8.22. The first-order chi connectivity index (χ1) is 16.2. The molecule has 1 heterocycles. The van der Waals surface area contributed by atoms with Gasteiger partial charge in [-0.1, -0.05) is 43.8 Å². The quantitative estimate of drug-likeness (QED) is 0.298. The number of esters is 1. The lowest BCUT2D eigenvalue weighted by Crippen LogP contribution is -2.36. The lowest BCUT2D eigenvalue weighted by Gasteiger charge is -2.24. The fourth-order valence-electron chi connectivity index (χ4n) is 3.54. The molecule has 1 unspecified atom stereocenters. The number of nitrogens with one attached hydrogen (secondary N) is 1. The highest BCUT2D eigenvalue weighted by Gasteiger charge is 2.25. The highest BCUT2D eigenvalue weighted by Crippen LogP contribution is 2.32. The average Bonchev–Trinajstić information content (AvgIpc) is 2.70. The van der Waals surface area contributed by atoms with Crippen molar-refractivity contribution in [2.45, 2.75) is 79.2 Å². The molecule has 0 aliphatic carbocycles. The number of pyridine rings is 1. The van der Waals surface area contributed by atoms with E-state index >= 15 is 0 Å². The molecule has 0 bridgehead atoms. The van der Waals surface area contributed by atoms with Gasteiger partial charge in [0, 0.05) is 11.8 Å². The Bertz CT molecular complexity index is 1110. The Morgan fingerprint density at radius 2 is 1.77 bits per heavy atom. The van der Waals surface area contributed by atoms with Crippen molar-refractivity contribution >= 4 is 20.1 Å². The smallest absolute Gasteiger partial charge is 0.408 e. The molecule has 0 spiro atoms. The zero-order chi connectivity index (χ0) is 26.4. The van der Waals surface area contributed by atoms with Gasteiger partial charge in [-0.25, -0.2) is 9.78 Å². The van der Waals surface area contributed by atoms with Gasteiger partial charge < -0.3 is 14.8 Å². The van der Waals surface area contributed by atoms with Gasteiger partial charge >= 0.3 is 12.1 Å². The lowest BCUT2D eigenvalue weighted by molar-refractivity contribution is -0.143. The Kier molecular flexibility index (Phi) is 9.28. The fourth-order valence-corrected chi connectivity index (χ4v) is 4.03. The van der Waals surface area contributed by atoms with Gasteiger partial charge in [-0.3, -0.25) is 4.79 Å². The van der Waals surface area contributed by atoms with Crippen molar-refractivity contribution in [1.29, 1.82) is 0 Å². The minimum absolute atomic E-state index is 0.0408.